The van der Waals surface area contributed by atoms with Gasteiger partial charge in [-0.25, -0.2) is 0 Å². The minimum Gasteiger partial charge on any atom is -0.481 e. The fourth-order valence-corrected chi connectivity index (χ4v) is 2.96. The summed E-state index contributed by atoms with van der Waals surface area (Å²) < 4.78 is 44.2. The minimum absolute atomic E-state index is 0.120. The summed E-state index contributed by atoms with van der Waals surface area (Å²) >= 11 is 0. The number of aliphatic carboxylic acids is 1. The Morgan fingerprint density at radius 1 is 1.33 bits per heavy atom. The molecule has 1 N–H and O–H groups in total. The van der Waals surface area contributed by atoms with E-state index < -0.39 is 36.1 Å². The molecule has 0 bridgehead atoms. The zero-order chi connectivity index (χ0) is 17.9. The van der Waals surface area contributed by atoms with Crippen LogP contribution in [0.3, 0.4) is 0 Å². The molecular weight excluding hydrogens is 327 g/mol. The normalized spacial score (nSPS) is 21.1. The van der Waals surface area contributed by atoms with E-state index in [1.165, 1.54) is 30.2 Å². The Hall–Kier alpha value is -2.09. The van der Waals surface area contributed by atoms with Crippen molar-refractivity contribution < 1.29 is 32.6 Å². The van der Waals surface area contributed by atoms with E-state index in [2.05, 4.69) is 0 Å². The molecule has 1 aliphatic rings. The van der Waals surface area contributed by atoms with Crippen LogP contribution in [0.2, 0.25) is 0 Å². The molecule has 5 nitrogen and oxygen atoms in total. The summed E-state index contributed by atoms with van der Waals surface area (Å²) in [5, 5.41) is 8.95. The first kappa shape index (κ1) is 18.3. The zero-order valence-corrected chi connectivity index (χ0v) is 13.0. The summed E-state index contributed by atoms with van der Waals surface area (Å²) in [5.74, 6) is -1.59. The van der Waals surface area contributed by atoms with E-state index >= 15 is 0 Å². The first-order valence-electron chi connectivity index (χ1n) is 7.41. The Morgan fingerprint density at radius 2 is 2.00 bits per heavy atom. The zero-order valence-electron chi connectivity index (χ0n) is 13.0. The van der Waals surface area contributed by atoms with Gasteiger partial charge >= 0.3 is 12.1 Å². The molecule has 24 heavy (non-hydrogen) atoms. The van der Waals surface area contributed by atoms with Crippen LogP contribution in [0.25, 0.3) is 0 Å². The van der Waals surface area contributed by atoms with Crippen LogP contribution in [0.1, 0.15) is 24.0 Å². The van der Waals surface area contributed by atoms with Crippen LogP contribution < -0.4 is 0 Å². The monoisotopic (exact) mass is 345 g/mol. The number of alkyl halides is 3. The first-order chi connectivity index (χ1) is 11.2. The van der Waals surface area contributed by atoms with Gasteiger partial charge in [-0.2, -0.15) is 13.2 Å². The lowest BCUT2D eigenvalue weighted by molar-refractivity contribution is -0.139. The van der Waals surface area contributed by atoms with E-state index in [-0.39, 0.29) is 24.6 Å². The van der Waals surface area contributed by atoms with Gasteiger partial charge in [0, 0.05) is 19.7 Å². The molecule has 1 aliphatic heterocycles. The Labute approximate surface area is 137 Å². The van der Waals surface area contributed by atoms with E-state index in [0.29, 0.717) is 6.42 Å². The molecule has 132 valence electrons. The minimum atomic E-state index is -4.54. The summed E-state index contributed by atoms with van der Waals surface area (Å²) in [5.41, 5.74) is -0.972. The Morgan fingerprint density at radius 3 is 2.58 bits per heavy atom. The number of carboxylic acid groups (broad SMARTS) is 1. The number of rotatable bonds is 5. The van der Waals surface area contributed by atoms with Crippen LogP contribution in [0.4, 0.5) is 13.2 Å². The number of nitrogens with zero attached hydrogens (tertiary/aromatic N) is 1. The highest BCUT2D eigenvalue weighted by atomic mass is 19.4. The third-order valence-electron chi connectivity index (χ3n) is 4.10. The van der Waals surface area contributed by atoms with Gasteiger partial charge in [0.2, 0.25) is 5.91 Å². The lowest BCUT2D eigenvalue weighted by atomic mass is 10.0. The van der Waals surface area contributed by atoms with Crippen molar-refractivity contribution in [1.29, 1.82) is 0 Å². The lowest BCUT2D eigenvalue weighted by Crippen LogP contribution is -2.38. The molecule has 0 radical (unpaired) electrons. The number of hydrogen-bond acceptors (Lipinski definition) is 3. The van der Waals surface area contributed by atoms with Crippen molar-refractivity contribution >= 4 is 11.9 Å². The van der Waals surface area contributed by atoms with Gasteiger partial charge in [0.25, 0.3) is 0 Å². The van der Waals surface area contributed by atoms with Crippen LogP contribution in [0.5, 0.6) is 0 Å². The third-order valence-corrected chi connectivity index (χ3v) is 4.10. The second-order valence-electron chi connectivity index (χ2n) is 5.72. The molecule has 1 aromatic carbocycles. The molecule has 1 heterocycles. The van der Waals surface area contributed by atoms with E-state index in [0.717, 1.165) is 6.07 Å². The van der Waals surface area contributed by atoms with Gasteiger partial charge in [-0.1, -0.05) is 18.2 Å². The Kier molecular flexibility index (Phi) is 5.48. The van der Waals surface area contributed by atoms with Gasteiger partial charge in [-0.15, -0.1) is 0 Å². The van der Waals surface area contributed by atoms with Crippen LogP contribution in [0, 0.1) is 0 Å². The number of carbonyl (C=O) groups excluding carboxylic acids is 1. The summed E-state index contributed by atoms with van der Waals surface area (Å²) in [4.78, 5) is 24.7. The molecule has 2 unspecified atom stereocenters. The van der Waals surface area contributed by atoms with Gasteiger partial charge in [-0.3, -0.25) is 9.59 Å². The van der Waals surface area contributed by atoms with Gasteiger partial charge in [0.15, 0.2) is 0 Å². The number of ether oxygens (including phenoxy) is 1. The molecular formula is C16H18F3NO4. The molecule has 2 atom stereocenters. The third kappa shape index (κ3) is 4.25. The predicted molar refractivity (Wildman–Crippen MR) is 78.3 cm³/mol. The lowest BCUT2D eigenvalue weighted by Gasteiger charge is -2.24. The fourth-order valence-electron chi connectivity index (χ4n) is 2.96. The number of amides is 1. The van der Waals surface area contributed by atoms with Gasteiger partial charge in [0.05, 0.1) is 24.5 Å². The summed E-state index contributed by atoms with van der Waals surface area (Å²) in [7, 11) is 1.45. The molecule has 0 aliphatic carbocycles. The molecule has 0 aromatic heterocycles. The second-order valence-corrected chi connectivity index (χ2v) is 5.72. The van der Waals surface area contributed by atoms with Crippen LogP contribution in [-0.2, 0) is 26.9 Å². The van der Waals surface area contributed by atoms with Gasteiger partial charge in [0.1, 0.15) is 0 Å². The van der Waals surface area contributed by atoms with Crippen molar-refractivity contribution in [2.24, 2.45) is 0 Å². The largest absolute Gasteiger partial charge is 0.481 e. The number of benzene rings is 1. The molecule has 2 rings (SSSR count). The highest BCUT2D eigenvalue weighted by Crippen LogP contribution is 2.32. The van der Waals surface area contributed by atoms with E-state index in [4.69, 9.17) is 9.84 Å². The molecule has 0 spiro atoms. The fraction of sp³-hybridized carbons (Fsp3) is 0.500. The van der Waals surface area contributed by atoms with Crippen molar-refractivity contribution in [2.45, 2.75) is 37.6 Å². The Bertz CT molecular complexity index is 618. The standard InChI is InChI=1S/C16H18F3NO4/c1-24-12-7-11(8-15(22)23)20(9-12)14(21)6-10-4-2-3-5-13(10)16(17,18)19/h2-5,11-12H,6-9H2,1H3,(H,22,23). The van der Waals surface area contributed by atoms with Crippen LogP contribution in [0.15, 0.2) is 24.3 Å². The second kappa shape index (κ2) is 7.21. The number of likely N-dealkylation sites (tertiary alicyclic amines) is 1. The highest BCUT2D eigenvalue weighted by Gasteiger charge is 2.38. The van der Waals surface area contributed by atoms with Crippen LogP contribution in [-0.4, -0.2) is 47.7 Å². The summed E-state index contributed by atoms with van der Waals surface area (Å²) in [6, 6.07) is 4.32. The molecule has 1 saturated heterocycles. The van der Waals surface area contributed by atoms with Gasteiger partial charge in [-0.05, 0) is 18.1 Å². The summed E-state index contributed by atoms with van der Waals surface area (Å²) in [6.45, 7) is 0.182. The first-order valence-corrected chi connectivity index (χ1v) is 7.41. The average molecular weight is 345 g/mol. The Balaban J connectivity index is 2.18. The molecule has 0 saturated carbocycles. The number of methoxy groups -OCH3 is 1. The molecule has 1 aromatic rings. The maximum absolute atomic E-state index is 13.0. The maximum Gasteiger partial charge on any atom is 0.416 e. The van der Waals surface area contributed by atoms with E-state index in [1.54, 1.807) is 0 Å². The average Bonchev–Trinajstić information content (AvgIpc) is 2.89. The smallest absolute Gasteiger partial charge is 0.416 e. The van der Waals surface area contributed by atoms with Crippen molar-refractivity contribution in [3.8, 4) is 0 Å². The number of carboxylic acids is 1. The molecule has 8 heteroatoms. The van der Waals surface area contributed by atoms with Crippen molar-refractivity contribution in [3.05, 3.63) is 35.4 Å². The molecule has 1 fully saturated rings. The van der Waals surface area contributed by atoms with Gasteiger partial charge < -0.3 is 14.7 Å². The van der Waals surface area contributed by atoms with E-state index in [9.17, 15) is 22.8 Å². The number of halogens is 3. The quantitative estimate of drug-likeness (QED) is 0.890. The van der Waals surface area contributed by atoms with Crippen molar-refractivity contribution in [1.82, 2.24) is 4.90 Å². The topological polar surface area (TPSA) is 66.8 Å². The number of hydrogen-bond donors (Lipinski definition) is 1. The number of carbonyl (C=O) groups is 2. The maximum atomic E-state index is 13.0. The SMILES string of the molecule is COC1CC(CC(=O)O)N(C(=O)Cc2ccccc2C(F)(F)F)C1. The van der Waals surface area contributed by atoms with Crippen molar-refractivity contribution in [2.75, 3.05) is 13.7 Å². The summed E-state index contributed by atoms with van der Waals surface area (Å²) in [6.07, 6.45) is -5.18. The van der Waals surface area contributed by atoms with E-state index in [1.807, 2.05) is 0 Å². The highest BCUT2D eigenvalue weighted by molar-refractivity contribution is 5.80. The molecule has 1 amide bonds. The van der Waals surface area contributed by atoms with Crippen LogP contribution >= 0.6 is 0 Å². The predicted octanol–water partition coefficient (Wildman–Crippen LogP) is 2.34. The van der Waals surface area contributed by atoms with Crippen molar-refractivity contribution in [3.63, 3.8) is 0 Å².